The molecule has 2 aromatic rings. The van der Waals surface area contributed by atoms with Gasteiger partial charge in [0.2, 0.25) is 10.0 Å². The zero-order valence-electron chi connectivity index (χ0n) is 11.7. The number of rotatable bonds is 5. The van der Waals surface area contributed by atoms with Gasteiger partial charge in [0, 0.05) is 5.69 Å². The maximum absolute atomic E-state index is 11.2. The molecule has 0 aliphatic carbocycles. The molecule has 21 heavy (non-hydrogen) atoms. The number of hydrogen-bond donors (Lipinski definition) is 3. The summed E-state index contributed by atoms with van der Waals surface area (Å²) in [5.41, 5.74) is 1.85. The Morgan fingerprint density at radius 3 is 2.14 bits per heavy atom. The van der Waals surface area contributed by atoms with E-state index in [0.717, 1.165) is 17.7 Å². The highest BCUT2D eigenvalue weighted by Crippen LogP contribution is 2.24. The van der Waals surface area contributed by atoms with E-state index in [1.165, 1.54) is 12.1 Å². The highest BCUT2D eigenvalue weighted by atomic mass is 32.2. The van der Waals surface area contributed by atoms with Crippen molar-refractivity contribution >= 4 is 15.7 Å². The number of benzene rings is 2. The van der Waals surface area contributed by atoms with Gasteiger partial charge < -0.3 is 10.4 Å². The minimum absolute atomic E-state index is 0.0749. The molecule has 0 bridgehead atoms. The Labute approximate surface area is 124 Å². The molecular formula is C15H18N2O3S. The van der Waals surface area contributed by atoms with Gasteiger partial charge in [-0.1, -0.05) is 19.1 Å². The van der Waals surface area contributed by atoms with Crippen molar-refractivity contribution in [3.63, 3.8) is 0 Å². The van der Waals surface area contributed by atoms with Gasteiger partial charge in [0.05, 0.1) is 10.9 Å². The molecule has 112 valence electrons. The van der Waals surface area contributed by atoms with Gasteiger partial charge in [-0.15, -0.1) is 0 Å². The van der Waals surface area contributed by atoms with Crippen LogP contribution in [-0.2, 0) is 10.0 Å². The van der Waals surface area contributed by atoms with Gasteiger partial charge in [0.25, 0.3) is 0 Å². The first-order chi connectivity index (χ1) is 9.90. The molecule has 0 spiro atoms. The third kappa shape index (κ3) is 3.96. The Hall–Kier alpha value is -2.05. The number of aromatic hydroxyl groups is 1. The van der Waals surface area contributed by atoms with E-state index in [9.17, 15) is 13.5 Å². The molecule has 6 heteroatoms. The zero-order chi connectivity index (χ0) is 15.5. The first kappa shape index (κ1) is 15.3. The molecule has 5 nitrogen and oxygen atoms in total. The molecular weight excluding hydrogens is 288 g/mol. The van der Waals surface area contributed by atoms with Crippen LogP contribution < -0.4 is 10.5 Å². The van der Waals surface area contributed by atoms with Crippen molar-refractivity contribution in [1.82, 2.24) is 0 Å². The number of sulfonamides is 1. The Balaban J connectivity index is 2.17. The molecule has 1 atom stereocenters. The molecule has 1 unspecified atom stereocenters. The van der Waals surface area contributed by atoms with Crippen LogP contribution in [0.15, 0.2) is 53.4 Å². The molecule has 4 N–H and O–H groups in total. The van der Waals surface area contributed by atoms with Crippen molar-refractivity contribution in [1.29, 1.82) is 0 Å². The third-order valence-electron chi connectivity index (χ3n) is 3.23. The Morgan fingerprint density at radius 2 is 1.67 bits per heavy atom. The van der Waals surface area contributed by atoms with Crippen molar-refractivity contribution in [3.05, 3.63) is 54.1 Å². The van der Waals surface area contributed by atoms with Crippen LogP contribution >= 0.6 is 0 Å². The maximum Gasteiger partial charge on any atom is 0.238 e. The standard InChI is InChI=1S/C15H18N2O3S/c1-2-15(11-3-7-13(18)8-4-11)17-12-5-9-14(10-6-12)21(16,19)20/h3-10,15,17-18H,2H2,1H3,(H2,16,19,20). The summed E-state index contributed by atoms with van der Waals surface area (Å²) in [4.78, 5) is 0.0886. The van der Waals surface area contributed by atoms with E-state index in [2.05, 4.69) is 5.32 Å². The van der Waals surface area contributed by atoms with Crippen LogP contribution in [0, 0.1) is 0 Å². The van der Waals surface area contributed by atoms with Gasteiger partial charge in [0.15, 0.2) is 0 Å². The zero-order valence-corrected chi connectivity index (χ0v) is 12.5. The number of phenols is 1. The first-order valence-corrected chi connectivity index (χ1v) is 8.13. The summed E-state index contributed by atoms with van der Waals surface area (Å²) in [6.07, 6.45) is 0.849. The van der Waals surface area contributed by atoms with Gasteiger partial charge in [-0.25, -0.2) is 13.6 Å². The van der Waals surface area contributed by atoms with Gasteiger partial charge in [-0.2, -0.15) is 0 Å². The Morgan fingerprint density at radius 1 is 1.10 bits per heavy atom. The summed E-state index contributed by atoms with van der Waals surface area (Å²) in [5, 5.41) is 17.7. The van der Waals surface area contributed by atoms with Crippen LogP contribution in [0.3, 0.4) is 0 Å². The van der Waals surface area contributed by atoms with E-state index in [-0.39, 0.29) is 16.7 Å². The minimum Gasteiger partial charge on any atom is -0.508 e. The van der Waals surface area contributed by atoms with Crippen molar-refractivity contribution in [3.8, 4) is 5.75 Å². The second-order valence-electron chi connectivity index (χ2n) is 4.77. The predicted octanol–water partition coefficient (Wildman–Crippen LogP) is 2.60. The summed E-state index contributed by atoms with van der Waals surface area (Å²) in [6.45, 7) is 2.04. The van der Waals surface area contributed by atoms with Crippen LogP contribution in [0.25, 0.3) is 0 Å². The number of hydrogen-bond acceptors (Lipinski definition) is 4. The molecule has 0 heterocycles. The second-order valence-corrected chi connectivity index (χ2v) is 6.33. The highest BCUT2D eigenvalue weighted by Gasteiger charge is 2.11. The average molecular weight is 306 g/mol. The van der Waals surface area contributed by atoms with Crippen LogP contribution in [-0.4, -0.2) is 13.5 Å². The molecule has 0 amide bonds. The van der Waals surface area contributed by atoms with Crippen molar-refractivity contribution < 1.29 is 13.5 Å². The molecule has 0 aliphatic heterocycles. The fourth-order valence-corrected chi connectivity index (χ4v) is 2.59. The Kier molecular flexibility index (Phi) is 4.50. The fourth-order valence-electron chi connectivity index (χ4n) is 2.07. The quantitative estimate of drug-likeness (QED) is 0.791. The van der Waals surface area contributed by atoms with E-state index in [1.54, 1.807) is 24.3 Å². The van der Waals surface area contributed by atoms with Crippen LogP contribution in [0.4, 0.5) is 5.69 Å². The van der Waals surface area contributed by atoms with Crippen LogP contribution in [0.1, 0.15) is 24.9 Å². The lowest BCUT2D eigenvalue weighted by Crippen LogP contribution is -2.13. The molecule has 0 fully saturated rings. The minimum atomic E-state index is -3.67. The topological polar surface area (TPSA) is 92.4 Å². The van der Waals surface area contributed by atoms with Crippen LogP contribution in [0.2, 0.25) is 0 Å². The summed E-state index contributed by atoms with van der Waals surface area (Å²) in [6, 6.07) is 13.4. The third-order valence-corrected chi connectivity index (χ3v) is 4.16. The smallest absolute Gasteiger partial charge is 0.238 e. The molecule has 0 aliphatic rings. The van der Waals surface area contributed by atoms with E-state index < -0.39 is 10.0 Å². The summed E-state index contributed by atoms with van der Waals surface area (Å²) in [5.74, 6) is 0.228. The molecule has 2 rings (SSSR count). The van der Waals surface area contributed by atoms with E-state index in [4.69, 9.17) is 5.14 Å². The number of phenolic OH excluding ortho intramolecular Hbond substituents is 1. The van der Waals surface area contributed by atoms with E-state index in [0.29, 0.717) is 0 Å². The van der Waals surface area contributed by atoms with Crippen LogP contribution in [0.5, 0.6) is 5.75 Å². The molecule has 0 saturated carbocycles. The highest BCUT2D eigenvalue weighted by molar-refractivity contribution is 7.89. The normalized spacial score (nSPS) is 12.9. The molecule has 0 saturated heterocycles. The monoisotopic (exact) mass is 306 g/mol. The lowest BCUT2D eigenvalue weighted by molar-refractivity contribution is 0.475. The van der Waals surface area contributed by atoms with E-state index >= 15 is 0 Å². The largest absolute Gasteiger partial charge is 0.508 e. The van der Waals surface area contributed by atoms with Gasteiger partial charge >= 0.3 is 0 Å². The average Bonchev–Trinajstić information content (AvgIpc) is 2.45. The van der Waals surface area contributed by atoms with Gasteiger partial charge in [0.1, 0.15) is 5.75 Å². The number of anilines is 1. The Bertz CT molecular complexity index is 695. The van der Waals surface area contributed by atoms with Crippen molar-refractivity contribution in [2.24, 2.45) is 5.14 Å². The van der Waals surface area contributed by atoms with Crippen molar-refractivity contribution in [2.45, 2.75) is 24.3 Å². The maximum atomic E-state index is 11.2. The fraction of sp³-hybridized carbons (Fsp3) is 0.200. The summed E-state index contributed by atoms with van der Waals surface area (Å²) in [7, 11) is -3.67. The number of primary sulfonamides is 1. The van der Waals surface area contributed by atoms with Gasteiger partial charge in [-0.3, -0.25) is 0 Å². The number of nitrogens with two attached hydrogens (primary N) is 1. The van der Waals surface area contributed by atoms with Gasteiger partial charge in [-0.05, 0) is 48.4 Å². The number of nitrogens with one attached hydrogen (secondary N) is 1. The van der Waals surface area contributed by atoms with Crippen molar-refractivity contribution in [2.75, 3.05) is 5.32 Å². The summed E-state index contributed by atoms with van der Waals surface area (Å²) < 4.78 is 22.4. The first-order valence-electron chi connectivity index (χ1n) is 6.58. The lowest BCUT2D eigenvalue weighted by atomic mass is 10.0. The predicted molar refractivity (Wildman–Crippen MR) is 82.6 cm³/mol. The second kappa shape index (κ2) is 6.15. The SMILES string of the molecule is CCC(Nc1ccc(S(N)(=O)=O)cc1)c1ccc(O)cc1. The van der Waals surface area contributed by atoms with E-state index in [1.807, 2.05) is 19.1 Å². The summed E-state index contributed by atoms with van der Waals surface area (Å²) >= 11 is 0. The molecule has 0 aromatic heterocycles. The lowest BCUT2D eigenvalue weighted by Gasteiger charge is -2.19. The molecule has 0 radical (unpaired) electrons. The molecule has 2 aromatic carbocycles.